The maximum atomic E-state index is 13.1. The van der Waals surface area contributed by atoms with E-state index in [2.05, 4.69) is 15.4 Å². The molecule has 0 fully saturated rings. The molecule has 4 rings (SSSR count). The number of benzene rings is 2. The van der Waals surface area contributed by atoms with Crippen molar-refractivity contribution in [2.45, 2.75) is 6.18 Å². The molecule has 2 aromatic heterocycles. The number of carbonyl (C=O) groups excluding carboxylic acids is 1. The molecule has 164 valence electrons. The summed E-state index contributed by atoms with van der Waals surface area (Å²) in [6.45, 7) is 0. The second-order valence-corrected chi connectivity index (χ2v) is 7.53. The Kier molecular flexibility index (Phi) is 5.33. The highest BCUT2D eigenvalue weighted by Gasteiger charge is 2.30. The molecule has 6 nitrogen and oxygen atoms in total. The van der Waals surface area contributed by atoms with Gasteiger partial charge in [-0.2, -0.15) is 18.3 Å². The van der Waals surface area contributed by atoms with Crippen LogP contribution in [0.15, 0.2) is 60.8 Å². The fraction of sp³-hybridized carbons (Fsp3) is 0.174. The van der Waals surface area contributed by atoms with Gasteiger partial charge in [-0.3, -0.25) is 9.48 Å². The zero-order chi connectivity index (χ0) is 23.0. The predicted octanol–water partition coefficient (Wildman–Crippen LogP) is 4.97. The van der Waals surface area contributed by atoms with Crippen LogP contribution in [0.2, 0.25) is 0 Å². The SMILES string of the molecule is CN(C)c1ccc(NC(=O)c2cc(-c3ccc(C(F)(F)F)cc3)nc3c2cnn3C)cc1. The number of rotatable bonds is 4. The van der Waals surface area contributed by atoms with Crippen LogP contribution in [0.4, 0.5) is 24.5 Å². The van der Waals surface area contributed by atoms with Crippen LogP contribution in [-0.4, -0.2) is 34.8 Å². The molecule has 0 spiro atoms. The Morgan fingerprint density at radius 2 is 1.69 bits per heavy atom. The first-order chi connectivity index (χ1) is 15.1. The van der Waals surface area contributed by atoms with Gasteiger partial charge in [0.25, 0.3) is 5.91 Å². The maximum Gasteiger partial charge on any atom is 0.416 e. The number of aromatic nitrogens is 3. The van der Waals surface area contributed by atoms with Crippen molar-refractivity contribution in [1.29, 1.82) is 0 Å². The number of hydrogen-bond donors (Lipinski definition) is 1. The fourth-order valence-electron chi connectivity index (χ4n) is 3.32. The lowest BCUT2D eigenvalue weighted by Crippen LogP contribution is -2.13. The number of nitrogens with one attached hydrogen (secondary N) is 1. The second-order valence-electron chi connectivity index (χ2n) is 7.53. The number of carbonyl (C=O) groups is 1. The largest absolute Gasteiger partial charge is 0.416 e. The lowest BCUT2D eigenvalue weighted by Gasteiger charge is -2.13. The minimum atomic E-state index is -4.43. The number of hydrogen-bond acceptors (Lipinski definition) is 4. The van der Waals surface area contributed by atoms with Gasteiger partial charge >= 0.3 is 6.18 Å². The lowest BCUT2D eigenvalue weighted by atomic mass is 10.0. The quantitative estimate of drug-likeness (QED) is 0.488. The van der Waals surface area contributed by atoms with Crippen LogP contribution >= 0.6 is 0 Å². The molecule has 1 N–H and O–H groups in total. The summed E-state index contributed by atoms with van der Waals surface area (Å²) in [7, 11) is 5.53. The fourth-order valence-corrected chi connectivity index (χ4v) is 3.32. The van der Waals surface area contributed by atoms with Crippen molar-refractivity contribution in [2.75, 3.05) is 24.3 Å². The van der Waals surface area contributed by atoms with Crippen molar-refractivity contribution in [2.24, 2.45) is 7.05 Å². The van der Waals surface area contributed by atoms with Crippen LogP contribution in [0, 0.1) is 0 Å². The first-order valence-electron chi connectivity index (χ1n) is 9.72. The van der Waals surface area contributed by atoms with Crippen molar-refractivity contribution in [1.82, 2.24) is 14.8 Å². The molecule has 4 aromatic rings. The molecule has 9 heteroatoms. The van der Waals surface area contributed by atoms with E-state index in [4.69, 9.17) is 0 Å². The third-order valence-electron chi connectivity index (χ3n) is 5.10. The molecule has 0 saturated carbocycles. The normalized spacial score (nSPS) is 11.6. The molecule has 0 bridgehead atoms. The Hall–Kier alpha value is -3.88. The number of halogens is 3. The van der Waals surface area contributed by atoms with E-state index in [0.29, 0.717) is 33.5 Å². The average Bonchev–Trinajstić information content (AvgIpc) is 3.13. The second kappa shape index (κ2) is 7.99. The molecule has 2 heterocycles. The smallest absolute Gasteiger partial charge is 0.378 e. The van der Waals surface area contributed by atoms with Gasteiger partial charge in [0.1, 0.15) is 0 Å². The summed E-state index contributed by atoms with van der Waals surface area (Å²) in [5.74, 6) is -0.365. The van der Waals surface area contributed by atoms with Gasteiger partial charge in [-0.1, -0.05) is 12.1 Å². The average molecular weight is 439 g/mol. The number of aryl methyl sites for hydroxylation is 1. The van der Waals surface area contributed by atoms with Crippen LogP contribution < -0.4 is 10.2 Å². The van der Waals surface area contributed by atoms with Gasteiger partial charge in [0.05, 0.1) is 28.4 Å². The highest BCUT2D eigenvalue weighted by molar-refractivity contribution is 6.12. The van der Waals surface area contributed by atoms with E-state index in [0.717, 1.165) is 17.8 Å². The topological polar surface area (TPSA) is 63.1 Å². The minimum Gasteiger partial charge on any atom is -0.378 e. The number of amides is 1. The number of pyridine rings is 1. The summed E-state index contributed by atoms with van der Waals surface area (Å²) < 4.78 is 40.2. The van der Waals surface area contributed by atoms with Crippen LogP contribution in [-0.2, 0) is 13.2 Å². The minimum absolute atomic E-state index is 0.328. The van der Waals surface area contributed by atoms with Crippen LogP contribution in [0.25, 0.3) is 22.3 Å². The standard InChI is InChI=1S/C23H20F3N5O/c1-30(2)17-10-8-16(9-11-17)28-22(32)18-12-20(29-21-19(18)13-27-31(21)3)14-4-6-15(7-5-14)23(24,25)26/h4-13H,1-3H3,(H,28,32). The number of fused-ring (bicyclic) bond motifs is 1. The van der Waals surface area contributed by atoms with Crippen LogP contribution in [0.5, 0.6) is 0 Å². The van der Waals surface area contributed by atoms with Crippen LogP contribution in [0.1, 0.15) is 15.9 Å². The summed E-state index contributed by atoms with van der Waals surface area (Å²) in [5.41, 5.74) is 2.48. The maximum absolute atomic E-state index is 13.1. The highest BCUT2D eigenvalue weighted by Crippen LogP contribution is 2.31. The Bertz CT molecular complexity index is 1280. The van der Waals surface area contributed by atoms with Gasteiger partial charge < -0.3 is 10.2 Å². The van der Waals surface area contributed by atoms with E-state index in [-0.39, 0.29) is 5.91 Å². The molecule has 0 aliphatic rings. The molecular formula is C23H20F3N5O. The van der Waals surface area contributed by atoms with Crippen molar-refractivity contribution >= 4 is 28.3 Å². The molecule has 0 aliphatic carbocycles. The van der Waals surface area contributed by atoms with Gasteiger partial charge in [-0.15, -0.1) is 0 Å². The molecule has 0 atom stereocenters. The Morgan fingerprint density at radius 1 is 1.03 bits per heavy atom. The zero-order valence-electron chi connectivity index (χ0n) is 17.6. The molecule has 32 heavy (non-hydrogen) atoms. The van der Waals surface area contributed by atoms with E-state index in [9.17, 15) is 18.0 Å². The first-order valence-corrected chi connectivity index (χ1v) is 9.72. The summed E-state index contributed by atoms with van der Waals surface area (Å²) in [5, 5.41) is 7.59. The summed E-state index contributed by atoms with van der Waals surface area (Å²) in [6.07, 6.45) is -2.88. The van der Waals surface area contributed by atoms with E-state index in [1.807, 2.05) is 31.1 Å². The third kappa shape index (κ3) is 4.14. The van der Waals surface area contributed by atoms with Gasteiger partial charge in [-0.05, 0) is 42.5 Å². The van der Waals surface area contributed by atoms with Crippen LogP contribution in [0.3, 0.4) is 0 Å². The molecule has 2 aromatic carbocycles. The Labute approximate surface area is 182 Å². The number of anilines is 2. The van der Waals surface area contributed by atoms with Gasteiger partial charge in [0.15, 0.2) is 5.65 Å². The molecule has 0 saturated heterocycles. The Balaban J connectivity index is 1.72. The van der Waals surface area contributed by atoms with E-state index in [1.54, 1.807) is 31.4 Å². The van der Waals surface area contributed by atoms with Gasteiger partial charge in [0.2, 0.25) is 0 Å². The molecule has 0 unspecified atom stereocenters. The van der Waals surface area contributed by atoms with E-state index < -0.39 is 11.7 Å². The number of alkyl halides is 3. The van der Waals surface area contributed by atoms with Crippen molar-refractivity contribution < 1.29 is 18.0 Å². The van der Waals surface area contributed by atoms with Crippen molar-refractivity contribution in [3.8, 4) is 11.3 Å². The van der Waals surface area contributed by atoms with Crippen molar-refractivity contribution in [3.05, 3.63) is 71.9 Å². The molecule has 0 aliphatic heterocycles. The molecular weight excluding hydrogens is 419 g/mol. The lowest BCUT2D eigenvalue weighted by molar-refractivity contribution is -0.137. The van der Waals surface area contributed by atoms with Gasteiger partial charge in [0, 0.05) is 38.1 Å². The van der Waals surface area contributed by atoms with Crippen molar-refractivity contribution in [3.63, 3.8) is 0 Å². The third-order valence-corrected chi connectivity index (χ3v) is 5.10. The first kappa shape index (κ1) is 21.4. The summed E-state index contributed by atoms with van der Waals surface area (Å²) >= 11 is 0. The monoisotopic (exact) mass is 439 g/mol. The zero-order valence-corrected chi connectivity index (χ0v) is 17.6. The summed E-state index contributed by atoms with van der Waals surface area (Å²) in [4.78, 5) is 19.6. The van der Waals surface area contributed by atoms with E-state index >= 15 is 0 Å². The predicted molar refractivity (Wildman–Crippen MR) is 118 cm³/mol. The highest BCUT2D eigenvalue weighted by atomic mass is 19.4. The van der Waals surface area contributed by atoms with Gasteiger partial charge in [-0.25, -0.2) is 4.98 Å². The summed E-state index contributed by atoms with van der Waals surface area (Å²) in [6, 6.07) is 13.6. The van der Waals surface area contributed by atoms with E-state index in [1.165, 1.54) is 16.8 Å². The molecule has 0 radical (unpaired) electrons. The number of nitrogens with zero attached hydrogens (tertiary/aromatic N) is 4. The molecule has 1 amide bonds. The Morgan fingerprint density at radius 3 is 2.28 bits per heavy atom.